The molecule has 1 unspecified atom stereocenters. The van der Waals surface area contributed by atoms with E-state index in [2.05, 4.69) is 40.2 Å². The second-order valence-electron chi connectivity index (χ2n) is 8.49. The summed E-state index contributed by atoms with van der Waals surface area (Å²) in [7, 11) is 0. The molecule has 6 nitrogen and oxygen atoms in total. The highest BCUT2D eigenvalue weighted by molar-refractivity contribution is 5.94. The van der Waals surface area contributed by atoms with Gasteiger partial charge in [0.15, 0.2) is 0 Å². The highest BCUT2D eigenvalue weighted by atomic mass is 16.5. The molecule has 1 aromatic carbocycles. The van der Waals surface area contributed by atoms with Crippen LogP contribution >= 0.6 is 0 Å². The van der Waals surface area contributed by atoms with Gasteiger partial charge < -0.3 is 14.2 Å². The number of benzene rings is 1. The third-order valence-corrected chi connectivity index (χ3v) is 6.34. The molecule has 0 radical (unpaired) electrons. The van der Waals surface area contributed by atoms with Gasteiger partial charge in [-0.05, 0) is 50.3 Å². The lowest BCUT2D eigenvalue weighted by Crippen LogP contribution is -2.15. The second-order valence-corrected chi connectivity index (χ2v) is 8.49. The summed E-state index contributed by atoms with van der Waals surface area (Å²) in [6.07, 6.45) is 8.10. The fourth-order valence-electron chi connectivity index (χ4n) is 4.66. The maximum atomic E-state index is 11.4. The smallest absolute Gasteiger partial charge is 0.306 e. The first-order chi connectivity index (χ1) is 15.5. The number of aryl methyl sites for hydroxylation is 2. The van der Waals surface area contributed by atoms with Crippen LogP contribution in [0.5, 0.6) is 0 Å². The molecular weight excluding hydrogens is 402 g/mol. The number of carboxylic acid groups (broad SMARTS) is 1. The third-order valence-electron chi connectivity index (χ3n) is 6.34. The van der Waals surface area contributed by atoms with Crippen molar-refractivity contribution in [1.29, 1.82) is 0 Å². The highest BCUT2D eigenvalue weighted by Crippen LogP contribution is 2.37. The third kappa shape index (κ3) is 3.62. The maximum absolute atomic E-state index is 11.4. The van der Waals surface area contributed by atoms with Gasteiger partial charge in [-0.25, -0.2) is 4.98 Å². The Balaban J connectivity index is 1.63. The topological polar surface area (TPSA) is 81.2 Å². The van der Waals surface area contributed by atoms with Gasteiger partial charge in [-0.3, -0.25) is 4.79 Å². The lowest BCUT2D eigenvalue weighted by molar-refractivity contribution is -0.141. The van der Waals surface area contributed by atoms with E-state index >= 15 is 0 Å². The molecule has 0 fully saturated rings. The normalized spacial score (nSPS) is 16.3. The molecule has 0 saturated heterocycles. The molecule has 1 aliphatic rings. The predicted molar refractivity (Wildman–Crippen MR) is 123 cm³/mol. The Morgan fingerprint density at radius 3 is 2.72 bits per heavy atom. The highest BCUT2D eigenvalue weighted by Gasteiger charge is 2.24. The SMILES string of the molecule is Cc1noc(C)c1-c1cnc2c(c1)c(C1=CCC(C(=O)O)CC1)cn2Cc1ccccc1. The first-order valence-corrected chi connectivity index (χ1v) is 10.9. The molecule has 1 atom stereocenters. The van der Waals surface area contributed by atoms with Crippen LogP contribution in [0.1, 0.15) is 41.8 Å². The first-order valence-electron chi connectivity index (χ1n) is 10.9. The molecule has 162 valence electrons. The summed E-state index contributed by atoms with van der Waals surface area (Å²) >= 11 is 0. The van der Waals surface area contributed by atoms with E-state index in [1.807, 2.05) is 38.2 Å². The van der Waals surface area contributed by atoms with Crippen LogP contribution in [-0.2, 0) is 11.3 Å². The van der Waals surface area contributed by atoms with Crippen LogP contribution < -0.4 is 0 Å². The van der Waals surface area contributed by atoms with E-state index in [0.29, 0.717) is 12.8 Å². The summed E-state index contributed by atoms with van der Waals surface area (Å²) < 4.78 is 7.56. The Morgan fingerprint density at radius 1 is 1.25 bits per heavy atom. The fraction of sp³-hybridized carbons (Fsp3) is 0.269. The van der Waals surface area contributed by atoms with E-state index in [0.717, 1.165) is 52.1 Å². The van der Waals surface area contributed by atoms with Crippen molar-refractivity contribution >= 4 is 22.6 Å². The van der Waals surface area contributed by atoms with Crippen molar-refractivity contribution in [3.05, 3.63) is 77.4 Å². The van der Waals surface area contributed by atoms with Crippen molar-refractivity contribution < 1.29 is 14.4 Å². The number of hydrogen-bond donors (Lipinski definition) is 1. The molecular formula is C26H25N3O3. The summed E-state index contributed by atoms with van der Waals surface area (Å²) in [5.41, 5.74) is 7.24. The molecule has 0 spiro atoms. The van der Waals surface area contributed by atoms with E-state index in [-0.39, 0.29) is 5.92 Å². The Morgan fingerprint density at radius 2 is 2.06 bits per heavy atom. The van der Waals surface area contributed by atoms with Crippen LogP contribution in [0, 0.1) is 19.8 Å². The van der Waals surface area contributed by atoms with Gasteiger partial charge in [0.1, 0.15) is 11.4 Å². The number of carboxylic acids is 1. The summed E-state index contributed by atoms with van der Waals surface area (Å²) in [4.78, 5) is 16.2. The fourth-order valence-corrected chi connectivity index (χ4v) is 4.66. The zero-order chi connectivity index (χ0) is 22.2. The van der Waals surface area contributed by atoms with Gasteiger partial charge in [-0.1, -0.05) is 41.6 Å². The second kappa shape index (κ2) is 8.11. The van der Waals surface area contributed by atoms with Crippen molar-refractivity contribution in [2.75, 3.05) is 0 Å². The molecule has 3 heterocycles. The number of hydrogen-bond acceptors (Lipinski definition) is 4. The monoisotopic (exact) mass is 427 g/mol. The number of fused-ring (bicyclic) bond motifs is 1. The molecule has 1 N–H and O–H groups in total. The summed E-state index contributed by atoms with van der Waals surface area (Å²) in [5, 5.41) is 14.5. The number of allylic oxidation sites excluding steroid dienone is 2. The Bertz CT molecular complexity index is 1310. The number of nitrogens with zero attached hydrogens (tertiary/aromatic N) is 3. The minimum atomic E-state index is -0.714. The van der Waals surface area contributed by atoms with E-state index < -0.39 is 5.97 Å². The molecule has 32 heavy (non-hydrogen) atoms. The molecule has 5 rings (SSSR count). The van der Waals surface area contributed by atoms with Crippen LogP contribution in [0.15, 0.2) is 59.4 Å². The average Bonchev–Trinajstić information content (AvgIpc) is 3.33. The molecule has 0 amide bonds. The van der Waals surface area contributed by atoms with Crippen LogP contribution in [-0.4, -0.2) is 25.8 Å². The Kier molecular flexibility index (Phi) is 5.13. The van der Waals surface area contributed by atoms with Crippen molar-refractivity contribution in [2.24, 2.45) is 5.92 Å². The summed E-state index contributed by atoms with van der Waals surface area (Å²) in [5.74, 6) is -0.239. The minimum absolute atomic E-state index is 0.299. The number of pyridine rings is 1. The maximum Gasteiger partial charge on any atom is 0.306 e. The van der Waals surface area contributed by atoms with E-state index in [1.165, 1.54) is 11.1 Å². The zero-order valence-corrected chi connectivity index (χ0v) is 18.2. The van der Waals surface area contributed by atoms with E-state index in [1.54, 1.807) is 0 Å². The zero-order valence-electron chi connectivity index (χ0n) is 18.2. The Hall–Kier alpha value is -3.67. The lowest BCUT2D eigenvalue weighted by Gasteiger charge is -2.18. The van der Waals surface area contributed by atoms with Crippen molar-refractivity contribution in [3.63, 3.8) is 0 Å². The van der Waals surface area contributed by atoms with Gasteiger partial charge in [0, 0.05) is 41.0 Å². The lowest BCUT2D eigenvalue weighted by atomic mass is 9.86. The first kappa shape index (κ1) is 20.2. The molecule has 0 saturated carbocycles. The van der Waals surface area contributed by atoms with E-state index in [4.69, 9.17) is 9.51 Å². The standard InChI is InChI=1S/C26H25N3O3/c1-16-24(17(2)32-28-16)21-12-22-23(19-8-10-20(11-9-19)26(30)31)15-29(25(22)27-13-21)14-18-6-4-3-5-7-18/h3-8,12-13,15,20H,9-11,14H2,1-2H3,(H,30,31). The number of aromatic nitrogens is 3. The van der Waals surface area contributed by atoms with Gasteiger partial charge in [0.2, 0.25) is 0 Å². The van der Waals surface area contributed by atoms with Gasteiger partial charge in [-0.2, -0.15) is 0 Å². The summed E-state index contributed by atoms with van der Waals surface area (Å²) in [6, 6.07) is 12.5. The number of rotatable bonds is 5. The van der Waals surface area contributed by atoms with Gasteiger partial charge in [0.25, 0.3) is 0 Å². The molecule has 0 aliphatic heterocycles. The molecule has 0 bridgehead atoms. The van der Waals surface area contributed by atoms with Gasteiger partial charge in [-0.15, -0.1) is 0 Å². The van der Waals surface area contributed by atoms with Crippen molar-refractivity contribution in [1.82, 2.24) is 14.7 Å². The minimum Gasteiger partial charge on any atom is -0.481 e. The largest absolute Gasteiger partial charge is 0.481 e. The van der Waals surface area contributed by atoms with Crippen LogP contribution in [0.25, 0.3) is 27.7 Å². The van der Waals surface area contributed by atoms with Crippen LogP contribution in [0.4, 0.5) is 0 Å². The quantitative estimate of drug-likeness (QED) is 0.447. The summed E-state index contributed by atoms with van der Waals surface area (Å²) in [6.45, 7) is 4.57. The Labute approximate surface area is 186 Å². The van der Waals surface area contributed by atoms with Crippen molar-refractivity contribution in [2.45, 2.75) is 39.7 Å². The average molecular weight is 428 g/mol. The number of aliphatic carboxylic acids is 1. The molecule has 3 aromatic heterocycles. The van der Waals surface area contributed by atoms with Crippen LogP contribution in [0.3, 0.4) is 0 Å². The van der Waals surface area contributed by atoms with Crippen LogP contribution in [0.2, 0.25) is 0 Å². The van der Waals surface area contributed by atoms with Gasteiger partial charge >= 0.3 is 5.97 Å². The molecule has 1 aliphatic carbocycles. The van der Waals surface area contributed by atoms with E-state index in [9.17, 15) is 9.90 Å². The van der Waals surface area contributed by atoms with Crippen molar-refractivity contribution in [3.8, 4) is 11.1 Å². The predicted octanol–water partition coefficient (Wildman–Crippen LogP) is 5.62. The van der Waals surface area contributed by atoms with Gasteiger partial charge in [0.05, 0.1) is 11.6 Å². The number of carbonyl (C=O) groups is 1. The molecule has 4 aromatic rings. The molecule has 6 heteroatoms.